The van der Waals surface area contributed by atoms with Crippen LogP contribution in [-0.4, -0.2) is 36.9 Å². The van der Waals surface area contributed by atoms with Gasteiger partial charge in [0.15, 0.2) is 19.0 Å². The zero-order chi connectivity index (χ0) is 21.4. The van der Waals surface area contributed by atoms with Crippen molar-refractivity contribution < 1.29 is 23.9 Å². The molecule has 1 amide bonds. The molecule has 29 heavy (non-hydrogen) atoms. The predicted octanol–water partition coefficient (Wildman–Crippen LogP) is 3.20. The Hall–Kier alpha value is -2.86. The lowest BCUT2D eigenvalue weighted by molar-refractivity contribution is -0.150. The zero-order valence-corrected chi connectivity index (χ0v) is 17.4. The van der Waals surface area contributed by atoms with E-state index < -0.39 is 24.5 Å². The van der Waals surface area contributed by atoms with Gasteiger partial charge in [-0.05, 0) is 56.0 Å². The molecule has 1 atom stereocenters. The molecule has 2 aromatic carbocycles. The molecule has 0 aliphatic rings. The number of Topliss-reactive ketones (excluding diaryl/α,β-unsaturated/α-hetero) is 1. The van der Waals surface area contributed by atoms with Crippen molar-refractivity contribution in [1.82, 2.24) is 5.32 Å². The Morgan fingerprint density at radius 2 is 1.66 bits per heavy atom. The van der Waals surface area contributed by atoms with Crippen LogP contribution in [0.4, 0.5) is 0 Å². The van der Waals surface area contributed by atoms with Gasteiger partial charge in [0.05, 0.1) is 6.04 Å². The van der Waals surface area contributed by atoms with E-state index in [2.05, 4.69) is 5.32 Å². The van der Waals surface area contributed by atoms with Gasteiger partial charge in [-0.2, -0.15) is 0 Å². The molecule has 0 bridgehead atoms. The van der Waals surface area contributed by atoms with Crippen molar-refractivity contribution in [2.75, 3.05) is 13.2 Å². The molecular formula is C22H24ClNO5. The monoisotopic (exact) mass is 417 g/mol. The largest absolute Gasteiger partial charge is 0.481 e. The van der Waals surface area contributed by atoms with E-state index in [1.807, 2.05) is 44.2 Å². The summed E-state index contributed by atoms with van der Waals surface area (Å²) in [6.45, 7) is 4.23. The van der Waals surface area contributed by atoms with Crippen molar-refractivity contribution in [2.24, 2.45) is 0 Å². The van der Waals surface area contributed by atoms with E-state index in [1.165, 1.54) is 6.92 Å². The normalized spacial score (nSPS) is 11.4. The molecule has 0 saturated heterocycles. The molecule has 0 fully saturated rings. The van der Waals surface area contributed by atoms with E-state index in [0.29, 0.717) is 17.2 Å². The van der Waals surface area contributed by atoms with Crippen LogP contribution in [0.5, 0.6) is 5.75 Å². The third-order valence-electron chi connectivity index (χ3n) is 4.23. The first-order valence-electron chi connectivity index (χ1n) is 9.15. The van der Waals surface area contributed by atoms with Crippen molar-refractivity contribution in [3.05, 3.63) is 64.2 Å². The van der Waals surface area contributed by atoms with E-state index >= 15 is 0 Å². The molecule has 6 nitrogen and oxygen atoms in total. The number of benzene rings is 2. The minimum absolute atomic E-state index is 0.175. The lowest BCUT2D eigenvalue weighted by atomic mass is 10.0. The summed E-state index contributed by atoms with van der Waals surface area (Å²) in [5.41, 5.74) is 2.52. The molecule has 0 aliphatic carbocycles. The highest BCUT2D eigenvalue weighted by atomic mass is 35.5. The van der Waals surface area contributed by atoms with Crippen LogP contribution < -0.4 is 10.1 Å². The minimum atomic E-state index is -0.684. The van der Waals surface area contributed by atoms with Crippen LogP contribution in [0.3, 0.4) is 0 Å². The van der Waals surface area contributed by atoms with Crippen LogP contribution in [0.15, 0.2) is 42.5 Å². The molecule has 2 rings (SSSR count). The van der Waals surface area contributed by atoms with Crippen LogP contribution >= 0.6 is 11.6 Å². The maximum atomic E-state index is 12.1. The predicted molar refractivity (Wildman–Crippen MR) is 110 cm³/mol. The number of hydrogen-bond acceptors (Lipinski definition) is 5. The molecular weight excluding hydrogens is 394 g/mol. The molecule has 0 heterocycles. The SMILES string of the molecule is CC(=O)[C@H](Cc1ccccc1)NC(=O)COC(=O)COc1c(C)cc(Cl)cc1C. The second-order valence-corrected chi connectivity index (χ2v) is 7.17. The van der Waals surface area contributed by atoms with Gasteiger partial charge in [-0.1, -0.05) is 41.9 Å². The summed E-state index contributed by atoms with van der Waals surface area (Å²) in [5, 5.41) is 3.18. The molecule has 1 N–H and O–H groups in total. The third kappa shape index (κ3) is 7.23. The Labute approximate surface area is 175 Å². The molecule has 154 valence electrons. The lowest BCUT2D eigenvalue weighted by Gasteiger charge is -2.16. The van der Waals surface area contributed by atoms with Gasteiger partial charge in [-0.3, -0.25) is 9.59 Å². The number of esters is 1. The maximum Gasteiger partial charge on any atom is 0.344 e. The Balaban J connectivity index is 1.81. The summed E-state index contributed by atoms with van der Waals surface area (Å²) in [6.07, 6.45) is 0.369. The van der Waals surface area contributed by atoms with Gasteiger partial charge in [-0.15, -0.1) is 0 Å². The third-order valence-corrected chi connectivity index (χ3v) is 4.45. The van der Waals surface area contributed by atoms with Crippen molar-refractivity contribution in [1.29, 1.82) is 0 Å². The fourth-order valence-electron chi connectivity index (χ4n) is 2.83. The highest BCUT2D eigenvalue weighted by Gasteiger charge is 2.19. The average molecular weight is 418 g/mol. The van der Waals surface area contributed by atoms with Gasteiger partial charge in [0, 0.05) is 5.02 Å². The number of carbonyl (C=O) groups is 3. The van der Waals surface area contributed by atoms with Gasteiger partial charge < -0.3 is 14.8 Å². The molecule has 0 radical (unpaired) electrons. The smallest absolute Gasteiger partial charge is 0.344 e. The van der Waals surface area contributed by atoms with Crippen molar-refractivity contribution >= 4 is 29.3 Å². The van der Waals surface area contributed by atoms with Gasteiger partial charge in [-0.25, -0.2) is 4.79 Å². The molecule has 0 saturated carbocycles. The van der Waals surface area contributed by atoms with Crippen molar-refractivity contribution in [3.63, 3.8) is 0 Å². The molecule has 7 heteroatoms. The Morgan fingerprint density at radius 3 is 2.24 bits per heavy atom. The standard InChI is InChI=1S/C22H24ClNO5/c1-14-9-18(23)10-15(2)22(14)29-13-21(27)28-12-20(26)24-19(16(3)25)11-17-7-5-4-6-8-17/h4-10,19H,11-13H2,1-3H3,(H,24,26)/t19-/m0/s1. The van der Waals surface area contributed by atoms with Crippen LogP contribution in [0.25, 0.3) is 0 Å². The summed E-state index contributed by atoms with van der Waals surface area (Å²) in [5.74, 6) is -0.856. The minimum Gasteiger partial charge on any atom is -0.481 e. The number of ether oxygens (including phenoxy) is 2. The van der Waals surface area contributed by atoms with Gasteiger partial charge in [0.25, 0.3) is 5.91 Å². The summed E-state index contributed by atoms with van der Waals surface area (Å²) in [6, 6.07) is 12.1. The lowest BCUT2D eigenvalue weighted by Crippen LogP contribution is -2.43. The average Bonchev–Trinajstić information content (AvgIpc) is 2.65. The highest BCUT2D eigenvalue weighted by molar-refractivity contribution is 6.30. The number of halogens is 1. The number of aryl methyl sites for hydroxylation is 2. The quantitative estimate of drug-likeness (QED) is 0.633. The number of hydrogen-bond donors (Lipinski definition) is 1. The zero-order valence-electron chi connectivity index (χ0n) is 16.7. The maximum absolute atomic E-state index is 12.1. The van der Waals surface area contributed by atoms with E-state index in [0.717, 1.165) is 16.7 Å². The summed E-state index contributed by atoms with van der Waals surface area (Å²) in [4.78, 5) is 35.8. The second-order valence-electron chi connectivity index (χ2n) is 6.74. The number of rotatable bonds is 9. The van der Waals surface area contributed by atoms with Crippen LogP contribution in [0.2, 0.25) is 5.02 Å². The molecule has 0 unspecified atom stereocenters. The van der Waals surface area contributed by atoms with Crippen molar-refractivity contribution in [3.8, 4) is 5.75 Å². The van der Waals surface area contributed by atoms with Gasteiger partial charge in [0.1, 0.15) is 5.75 Å². The Morgan fingerprint density at radius 1 is 1.03 bits per heavy atom. The summed E-state index contributed by atoms with van der Waals surface area (Å²) < 4.78 is 10.4. The van der Waals surface area contributed by atoms with Crippen LogP contribution in [0.1, 0.15) is 23.6 Å². The van der Waals surface area contributed by atoms with Crippen LogP contribution in [-0.2, 0) is 25.5 Å². The fourth-order valence-corrected chi connectivity index (χ4v) is 3.15. The van der Waals surface area contributed by atoms with Crippen LogP contribution in [0, 0.1) is 13.8 Å². The topological polar surface area (TPSA) is 81.7 Å². The fraction of sp³-hybridized carbons (Fsp3) is 0.318. The molecule has 0 aromatic heterocycles. The first-order chi connectivity index (χ1) is 13.8. The Kier molecular flexibility index (Phi) is 8.21. The van der Waals surface area contributed by atoms with Gasteiger partial charge >= 0.3 is 5.97 Å². The number of amides is 1. The number of nitrogens with one attached hydrogen (secondary N) is 1. The van der Waals surface area contributed by atoms with E-state index in [9.17, 15) is 14.4 Å². The molecule has 0 spiro atoms. The van der Waals surface area contributed by atoms with E-state index in [-0.39, 0.29) is 12.4 Å². The molecule has 0 aliphatic heterocycles. The van der Waals surface area contributed by atoms with Gasteiger partial charge in [0.2, 0.25) is 0 Å². The highest BCUT2D eigenvalue weighted by Crippen LogP contribution is 2.26. The second kappa shape index (κ2) is 10.6. The van der Waals surface area contributed by atoms with Crippen molar-refractivity contribution in [2.45, 2.75) is 33.2 Å². The number of carbonyl (C=O) groups excluding carboxylic acids is 3. The van der Waals surface area contributed by atoms with E-state index in [4.69, 9.17) is 21.1 Å². The molecule has 2 aromatic rings. The Bertz CT molecular complexity index is 859. The first-order valence-corrected chi connectivity index (χ1v) is 9.53. The summed E-state index contributed by atoms with van der Waals surface area (Å²) >= 11 is 5.97. The van der Waals surface area contributed by atoms with E-state index in [1.54, 1.807) is 12.1 Å². The first kappa shape index (κ1) is 22.4. The summed E-state index contributed by atoms with van der Waals surface area (Å²) in [7, 11) is 0. The number of ketones is 1.